The highest BCUT2D eigenvalue weighted by Crippen LogP contribution is 2.27. The molecule has 0 amide bonds. The van der Waals surface area contributed by atoms with Crippen LogP contribution in [0.15, 0.2) is 18.2 Å². The summed E-state index contributed by atoms with van der Waals surface area (Å²) in [5, 5.41) is 1.59. The molecule has 0 radical (unpaired) electrons. The first-order valence-corrected chi connectivity index (χ1v) is 6.62. The van der Waals surface area contributed by atoms with Crippen LogP contribution in [-0.2, 0) is 4.74 Å². The van der Waals surface area contributed by atoms with Gasteiger partial charge in [0, 0.05) is 15.9 Å². The van der Waals surface area contributed by atoms with E-state index in [0.717, 1.165) is 14.5 Å². The van der Waals surface area contributed by atoms with Gasteiger partial charge in [-0.1, -0.05) is 11.6 Å². The van der Waals surface area contributed by atoms with Crippen LogP contribution in [0.25, 0.3) is 10.9 Å². The van der Waals surface area contributed by atoms with Crippen LogP contribution in [0.1, 0.15) is 24.3 Å². The maximum atomic E-state index is 11.8. The SMILES string of the molecule is CC(C)OC(=O)c1[nH]c2ccc(Cl)cc2c1I. The Morgan fingerprint density at radius 2 is 2.18 bits per heavy atom. The zero-order valence-electron chi connectivity index (χ0n) is 9.38. The van der Waals surface area contributed by atoms with Gasteiger partial charge in [-0.2, -0.15) is 0 Å². The van der Waals surface area contributed by atoms with Crippen molar-refractivity contribution in [3.05, 3.63) is 32.5 Å². The number of rotatable bonds is 2. The van der Waals surface area contributed by atoms with Crippen LogP contribution in [0.2, 0.25) is 5.02 Å². The lowest BCUT2D eigenvalue weighted by Crippen LogP contribution is -2.12. The Morgan fingerprint density at radius 3 is 2.82 bits per heavy atom. The minimum absolute atomic E-state index is 0.131. The number of carbonyl (C=O) groups excluding carboxylic acids is 1. The van der Waals surface area contributed by atoms with Gasteiger partial charge >= 0.3 is 5.97 Å². The summed E-state index contributed by atoms with van der Waals surface area (Å²) in [6, 6.07) is 5.47. The number of hydrogen-bond donors (Lipinski definition) is 1. The summed E-state index contributed by atoms with van der Waals surface area (Å²) >= 11 is 8.05. The number of esters is 1. The summed E-state index contributed by atoms with van der Waals surface area (Å²) in [5.74, 6) is -0.336. The van der Waals surface area contributed by atoms with Crippen molar-refractivity contribution in [3.8, 4) is 0 Å². The minimum Gasteiger partial charge on any atom is -0.458 e. The van der Waals surface area contributed by atoms with E-state index >= 15 is 0 Å². The molecule has 17 heavy (non-hydrogen) atoms. The van der Waals surface area contributed by atoms with E-state index in [1.165, 1.54) is 0 Å². The van der Waals surface area contributed by atoms with E-state index in [-0.39, 0.29) is 12.1 Å². The Labute approximate surface area is 118 Å². The Bertz CT molecular complexity index is 577. The van der Waals surface area contributed by atoms with Gasteiger partial charge in [-0.3, -0.25) is 0 Å². The second-order valence-electron chi connectivity index (χ2n) is 3.96. The first kappa shape index (κ1) is 12.7. The molecule has 2 rings (SSSR count). The van der Waals surface area contributed by atoms with Crippen molar-refractivity contribution in [1.29, 1.82) is 0 Å². The number of aromatic nitrogens is 1. The highest BCUT2D eigenvalue weighted by atomic mass is 127. The number of hydrogen-bond acceptors (Lipinski definition) is 2. The van der Waals surface area contributed by atoms with E-state index in [0.29, 0.717) is 10.7 Å². The normalized spacial score (nSPS) is 11.1. The molecule has 0 unspecified atom stereocenters. The lowest BCUT2D eigenvalue weighted by Gasteiger charge is -2.06. The van der Waals surface area contributed by atoms with E-state index in [1.54, 1.807) is 6.07 Å². The van der Waals surface area contributed by atoms with Crippen molar-refractivity contribution in [1.82, 2.24) is 4.98 Å². The number of H-pyrrole nitrogens is 1. The van der Waals surface area contributed by atoms with Gasteiger partial charge < -0.3 is 9.72 Å². The van der Waals surface area contributed by atoms with Gasteiger partial charge in [0.25, 0.3) is 0 Å². The fourth-order valence-corrected chi connectivity index (χ4v) is 2.52. The number of carbonyl (C=O) groups is 1. The summed E-state index contributed by atoms with van der Waals surface area (Å²) in [6.07, 6.45) is -0.131. The van der Waals surface area contributed by atoms with Crippen molar-refractivity contribution in [2.45, 2.75) is 20.0 Å². The smallest absolute Gasteiger partial charge is 0.356 e. The van der Waals surface area contributed by atoms with E-state index in [4.69, 9.17) is 16.3 Å². The number of halogens is 2. The van der Waals surface area contributed by atoms with Crippen LogP contribution >= 0.6 is 34.2 Å². The Morgan fingerprint density at radius 1 is 1.47 bits per heavy atom. The second kappa shape index (κ2) is 4.86. The summed E-state index contributed by atoms with van der Waals surface area (Å²) in [5.41, 5.74) is 1.37. The lowest BCUT2D eigenvalue weighted by atomic mass is 10.2. The van der Waals surface area contributed by atoms with Gasteiger partial charge in [0.15, 0.2) is 0 Å². The van der Waals surface area contributed by atoms with Crippen molar-refractivity contribution >= 4 is 51.1 Å². The van der Waals surface area contributed by atoms with E-state index < -0.39 is 0 Å². The van der Waals surface area contributed by atoms with E-state index in [1.807, 2.05) is 26.0 Å². The van der Waals surface area contributed by atoms with Gasteiger partial charge in [0.05, 0.1) is 9.67 Å². The van der Waals surface area contributed by atoms with Crippen LogP contribution in [0.5, 0.6) is 0 Å². The molecular weight excluding hydrogens is 352 g/mol. The topological polar surface area (TPSA) is 42.1 Å². The molecule has 1 aromatic carbocycles. The molecule has 0 bridgehead atoms. The summed E-state index contributed by atoms with van der Waals surface area (Å²) < 4.78 is 6.01. The third kappa shape index (κ3) is 2.57. The maximum absolute atomic E-state index is 11.8. The second-order valence-corrected chi connectivity index (χ2v) is 5.47. The van der Waals surface area contributed by atoms with Crippen molar-refractivity contribution < 1.29 is 9.53 Å². The summed E-state index contributed by atoms with van der Waals surface area (Å²) in [6.45, 7) is 3.65. The zero-order valence-corrected chi connectivity index (χ0v) is 12.3. The largest absolute Gasteiger partial charge is 0.458 e. The highest BCUT2D eigenvalue weighted by molar-refractivity contribution is 14.1. The zero-order chi connectivity index (χ0) is 12.6. The number of nitrogens with one attached hydrogen (secondary N) is 1. The number of benzene rings is 1. The molecule has 0 atom stereocenters. The number of fused-ring (bicyclic) bond motifs is 1. The first-order chi connectivity index (χ1) is 7.99. The van der Waals surface area contributed by atoms with Gasteiger partial charge in [0.2, 0.25) is 0 Å². The standard InChI is InChI=1S/C12H11ClINO2/c1-6(2)17-12(16)11-10(14)8-5-7(13)3-4-9(8)15-11/h3-6,15H,1-2H3. The molecule has 0 aliphatic rings. The van der Waals surface area contributed by atoms with Crippen LogP contribution in [0.4, 0.5) is 0 Å². The monoisotopic (exact) mass is 363 g/mol. The summed E-state index contributed by atoms with van der Waals surface area (Å²) in [4.78, 5) is 14.9. The third-order valence-corrected chi connectivity index (χ3v) is 3.60. The molecular formula is C12H11ClINO2. The summed E-state index contributed by atoms with van der Waals surface area (Å²) in [7, 11) is 0. The molecule has 90 valence electrons. The molecule has 0 aliphatic carbocycles. The van der Waals surface area contributed by atoms with Crippen molar-refractivity contribution in [2.24, 2.45) is 0 Å². The third-order valence-electron chi connectivity index (χ3n) is 2.24. The van der Waals surface area contributed by atoms with Crippen LogP contribution in [0, 0.1) is 3.57 Å². The van der Waals surface area contributed by atoms with Crippen LogP contribution < -0.4 is 0 Å². The number of aromatic amines is 1. The fourth-order valence-electron chi connectivity index (χ4n) is 1.54. The average Bonchev–Trinajstić information content (AvgIpc) is 2.55. The molecule has 5 heteroatoms. The molecule has 2 aromatic rings. The molecule has 1 heterocycles. The Hall–Kier alpha value is -0.750. The first-order valence-electron chi connectivity index (χ1n) is 5.16. The van der Waals surface area contributed by atoms with Gasteiger partial charge in [-0.15, -0.1) is 0 Å². The lowest BCUT2D eigenvalue weighted by molar-refractivity contribution is 0.0370. The molecule has 0 saturated carbocycles. The van der Waals surface area contributed by atoms with E-state index in [2.05, 4.69) is 27.6 Å². The molecule has 0 aliphatic heterocycles. The maximum Gasteiger partial charge on any atom is 0.356 e. The molecule has 0 saturated heterocycles. The molecule has 1 N–H and O–H groups in total. The Balaban J connectivity index is 2.49. The molecule has 1 aromatic heterocycles. The van der Waals surface area contributed by atoms with Crippen LogP contribution in [0.3, 0.4) is 0 Å². The van der Waals surface area contributed by atoms with Crippen molar-refractivity contribution in [3.63, 3.8) is 0 Å². The quantitative estimate of drug-likeness (QED) is 0.647. The molecule has 0 spiro atoms. The van der Waals surface area contributed by atoms with E-state index in [9.17, 15) is 4.79 Å². The van der Waals surface area contributed by atoms with Gasteiger partial charge in [0.1, 0.15) is 5.69 Å². The molecule has 3 nitrogen and oxygen atoms in total. The molecule has 0 fully saturated rings. The number of ether oxygens (including phenoxy) is 1. The highest BCUT2D eigenvalue weighted by Gasteiger charge is 2.18. The minimum atomic E-state index is -0.336. The predicted octanol–water partition coefficient (Wildman–Crippen LogP) is 3.99. The Kier molecular flexibility index (Phi) is 3.63. The van der Waals surface area contributed by atoms with Gasteiger partial charge in [-0.25, -0.2) is 4.79 Å². The fraction of sp³-hybridized carbons (Fsp3) is 0.250. The van der Waals surface area contributed by atoms with Gasteiger partial charge in [-0.05, 0) is 54.6 Å². The average molecular weight is 364 g/mol. The van der Waals surface area contributed by atoms with Crippen LogP contribution in [-0.4, -0.2) is 17.1 Å². The van der Waals surface area contributed by atoms with Crippen molar-refractivity contribution in [2.75, 3.05) is 0 Å². The predicted molar refractivity (Wildman–Crippen MR) is 76.6 cm³/mol.